The first-order chi connectivity index (χ1) is 11.6. The molecule has 0 heterocycles. The van der Waals surface area contributed by atoms with E-state index in [0.29, 0.717) is 6.42 Å². The Bertz CT molecular complexity index is 590. The number of Topliss-reactive ketones (excluding diaryl/α,β-unsaturated/α-hetero) is 1. The van der Waals surface area contributed by atoms with Gasteiger partial charge in [-0.3, -0.25) is 4.79 Å². The monoisotopic (exact) mass is 349 g/mol. The molecule has 1 rings (SSSR count). The number of alkyl carbamates (subject to hydrolysis) is 1. The number of hydrogen-bond donors (Lipinski definition) is 1. The Kier molecular flexibility index (Phi) is 7.61. The van der Waals surface area contributed by atoms with E-state index >= 15 is 0 Å². The van der Waals surface area contributed by atoms with Crippen LogP contribution in [0.25, 0.3) is 0 Å². The second-order valence-corrected chi connectivity index (χ2v) is 7.25. The van der Waals surface area contributed by atoms with Gasteiger partial charge in [-0.25, -0.2) is 9.59 Å². The molecule has 0 unspecified atom stereocenters. The quantitative estimate of drug-likeness (QED) is 0.604. The molecule has 0 saturated heterocycles. The number of carbonyl (C=O) groups excluding carboxylic acids is 3. The van der Waals surface area contributed by atoms with E-state index in [9.17, 15) is 14.4 Å². The maximum atomic E-state index is 12.4. The van der Waals surface area contributed by atoms with Crippen molar-refractivity contribution in [1.82, 2.24) is 5.32 Å². The highest BCUT2D eigenvalue weighted by atomic mass is 16.6. The zero-order chi connectivity index (χ0) is 19.0. The number of carbonyl (C=O) groups is 3. The molecule has 0 aliphatic heterocycles. The van der Waals surface area contributed by atoms with Gasteiger partial charge in [0, 0.05) is 0 Å². The van der Waals surface area contributed by atoms with Gasteiger partial charge in [-0.1, -0.05) is 44.2 Å². The lowest BCUT2D eigenvalue weighted by Crippen LogP contribution is -2.46. The molecule has 0 spiro atoms. The Morgan fingerprint density at radius 2 is 1.68 bits per heavy atom. The summed E-state index contributed by atoms with van der Waals surface area (Å²) in [6.45, 7) is 8.96. The number of rotatable bonds is 7. The van der Waals surface area contributed by atoms with E-state index in [4.69, 9.17) is 9.47 Å². The van der Waals surface area contributed by atoms with Gasteiger partial charge in [-0.2, -0.15) is 0 Å². The average molecular weight is 349 g/mol. The highest BCUT2D eigenvalue weighted by Crippen LogP contribution is 2.11. The van der Waals surface area contributed by atoms with Crippen molar-refractivity contribution >= 4 is 17.8 Å². The Balaban J connectivity index is 2.68. The molecule has 0 aliphatic rings. The molecule has 1 aromatic rings. The maximum Gasteiger partial charge on any atom is 0.408 e. The van der Waals surface area contributed by atoms with E-state index in [1.165, 1.54) is 0 Å². The van der Waals surface area contributed by atoms with E-state index in [0.717, 1.165) is 5.56 Å². The number of nitrogens with one attached hydrogen (secondary N) is 1. The second-order valence-electron chi connectivity index (χ2n) is 7.25. The van der Waals surface area contributed by atoms with E-state index in [1.807, 2.05) is 32.0 Å². The highest BCUT2D eigenvalue weighted by Gasteiger charge is 2.30. The normalized spacial score (nSPS) is 12.4. The number of ketones is 1. The molecule has 1 amide bonds. The lowest BCUT2D eigenvalue weighted by atomic mass is 10.0. The van der Waals surface area contributed by atoms with Crippen molar-refractivity contribution in [2.75, 3.05) is 0 Å². The molecule has 1 aromatic carbocycles. The van der Waals surface area contributed by atoms with E-state index in [1.54, 1.807) is 32.9 Å². The van der Waals surface area contributed by atoms with Gasteiger partial charge in [0.2, 0.25) is 0 Å². The van der Waals surface area contributed by atoms with Crippen LogP contribution < -0.4 is 5.32 Å². The zero-order valence-electron chi connectivity index (χ0n) is 15.5. The SMILES string of the molecule is CC(C)C[C@H](NC(=O)OC(C)(C)C)C(=O)C(=O)OCc1ccccc1. The predicted molar refractivity (Wildman–Crippen MR) is 93.9 cm³/mol. The van der Waals surface area contributed by atoms with Gasteiger partial charge in [-0.15, -0.1) is 0 Å². The second kappa shape index (κ2) is 9.20. The number of hydrogen-bond acceptors (Lipinski definition) is 5. The number of esters is 1. The van der Waals surface area contributed by atoms with E-state index in [2.05, 4.69) is 5.32 Å². The van der Waals surface area contributed by atoms with Crippen LogP contribution in [0.15, 0.2) is 30.3 Å². The fourth-order valence-electron chi connectivity index (χ4n) is 2.09. The molecule has 0 aromatic heterocycles. The summed E-state index contributed by atoms with van der Waals surface area (Å²) in [6.07, 6.45) is -0.416. The summed E-state index contributed by atoms with van der Waals surface area (Å²) in [5.41, 5.74) is 0.0905. The third-order valence-electron chi connectivity index (χ3n) is 3.13. The molecule has 0 bridgehead atoms. The fraction of sp³-hybridized carbons (Fsp3) is 0.526. The van der Waals surface area contributed by atoms with Crippen LogP contribution in [0, 0.1) is 5.92 Å². The van der Waals surface area contributed by atoms with Crippen LogP contribution >= 0.6 is 0 Å². The summed E-state index contributed by atoms with van der Waals surface area (Å²) in [5, 5.41) is 2.47. The Labute approximate surface area is 148 Å². The molecule has 25 heavy (non-hydrogen) atoms. The molecule has 6 heteroatoms. The Morgan fingerprint density at radius 1 is 1.08 bits per heavy atom. The van der Waals surface area contributed by atoms with Gasteiger partial charge in [0.15, 0.2) is 0 Å². The van der Waals surface area contributed by atoms with Crippen LogP contribution in [0.2, 0.25) is 0 Å². The van der Waals surface area contributed by atoms with Crippen molar-refractivity contribution in [3.63, 3.8) is 0 Å². The van der Waals surface area contributed by atoms with Gasteiger partial charge in [-0.05, 0) is 38.7 Å². The van der Waals surface area contributed by atoms with Crippen molar-refractivity contribution in [2.45, 2.75) is 59.3 Å². The molecule has 0 radical (unpaired) electrons. The highest BCUT2D eigenvalue weighted by molar-refractivity contribution is 6.36. The van der Waals surface area contributed by atoms with Gasteiger partial charge in [0.05, 0.1) is 0 Å². The standard InChI is InChI=1S/C19H27NO5/c1-13(2)11-15(20-18(23)25-19(3,4)5)16(21)17(22)24-12-14-9-7-6-8-10-14/h6-10,13,15H,11-12H2,1-5H3,(H,20,23)/t15-/m0/s1. The van der Waals surface area contributed by atoms with Crippen LogP contribution in [-0.2, 0) is 25.7 Å². The van der Waals surface area contributed by atoms with Crippen molar-refractivity contribution in [3.8, 4) is 0 Å². The molecule has 0 saturated carbocycles. The fourth-order valence-corrected chi connectivity index (χ4v) is 2.09. The van der Waals surface area contributed by atoms with Crippen LogP contribution in [0.5, 0.6) is 0 Å². The smallest absolute Gasteiger partial charge is 0.408 e. The first kappa shape index (κ1) is 20.7. The maximum absolute atomic E-state index is 12.4. The Morgan fingerprint density at radius 3 is 2.20 bits per heavy atom. The molecule has 1 N–H and O–H groups in total. The molecule has 0 fully saturated rings. The van der Waals surface area contributed by atoms with Gasteiger partial charge in [0.25, 0.3) is 5.78 Å². The summed E-state index contributed by atoms with van der Waals surface area (Å²) in [6, 6.07) is 8.09. The minimum Gasteiger partial charge on any atom is -0.455 e. The zero-order valence-corrected chi connectivity index (χ0v) is 15.5. The molecule has 138 valence electrons. The first-order valence-corrected chi connectivity index (χ1v) is 8.33. The van der Waals surface area contributed by atoms with Crippen molar-refractivity contribution < 1.29 is 23.9 Å². The minimum atomic E-state index is -0.974. The van der Waals surface area contributed by atoms with Gasteiger partial charge in [0.1, 0.15) is 18.2 Å². The summed E-state index contributed by atoms with van der Waals surface area (Å²) >= 11 is 0. The Hall–Kier alpha value is -2.37. The molecule has 1 atom stereocenters. The molecular weight excluding hydrogens is 322 g/mol. The van der Waals surface area contributed by atoms with Crippen molar-refractivity contribution in [3.05, 3.63) is 35.9 Å². The van der Waals surface area contributed by atoms with Crippen LogP contribution in [-0.4, -0.2) is 29.5 Å². The molecular formula is C19H27NO5. The number of amides is 1. The number of ether oxygens (including phenoxy) is 2. The first-order valence-electron chi connectivity index (χ1n) is 8.33. The van der Waals surface area contributed by atoms with Crippen LogP contribution in [0.1, 0.15) is 46.6 Å². The van der Waals surface area contributed by atoms with Gasteiger partial charge < -0.3 is 14.8 Å². The van der Waals surface area contributed by atoms with Crippen LogP contribution in [0.3, 0.4) is 0 Å². The minimum absolute atomic E-state index is 0.00620. The predicted octanol–water partition coefficient (Wildman–Crippen LogP) is 3.24. The molecule has 0 aliphatic carbocycles. The summed E-state index contributed by atoms with van der Waals surface area (Å²) < 4.78 is 10.2. The summed E-state index contributed by atoms with van der Waals surface area (Å²) in [4.78, 5) is 36.3. The van der Waals surface area contributed by atoms with Crippen LogP contribution in [0.4, 0.5) is 4.79 Å². The van der Waals surface area contributed by atoms with Crippen molar-refractivity contribution in [1.29, 1.82) is 0 Å². The third kappa shape index (κ3) is 8.33. The number of benzene rings is 1. The topological polar surface area (TPSA) is 81.7 Å². The van der Waals surface area contributed by atoms with Gasteiger partial charge >= 0.3 is 12.1 Å². The largest absolute Gasteiger partial charge is 0.455 e. The summed E-state index contributed by atoms with van der Waals surface area (Å²) in [5.74, 6) is -1.65. The third-order valence-corrected chi connectivity index (χ3v) is 3.13. The van der Waals surface area contributed by atoms with E-state index in [-0.39, 0.29) is 12.5 Å². The van der Waals surface area contributed by atoms with Crippen molar-refractivity contribution in [2.24, 2.45) is 5.92 Å². The molecule has 6 nitrogen and oxygen atoms in total. The van der Waals surface area contributed by atoms with E-state index < -0.39 is 29.5 Å². The lowest BCUT2D eigenvalue weighted by Gasteiger charge is -2.23. The lowest BCUT2D eigenvalue weighted by molar-refractivity contribution is -0.155. The average Bonchev–Trinajstić information content (AvgIpc) is 2.50. The summed E-state index contributed by atoms with van der Waals surface area (Å²) in [7, 11) is 0.